The Balaban J connectivity index is 3.01. The predicted molar refractivity (Wildman–Crippen MR) is 145 cm³/mol. The first kappa shape index (κ1) is 30.7. The molecule has 31 heavy (non-hydrogen) atoms. The van der Waals surface area contributed by atoms with Crippen molar-refractivity contribution < 1.29 is 0 Å². The molecule has 0 aromatic rings. The van der Waals surface area contributed by atoms with Crippen LogP contribution in [0.2, 0.25) is 0 Å². The van der Waals surface area contributed by atoms with E-state index in [1.165, 1.54) is 173 Å². The second-order valence-electron chi connectivity index (χ2n) is 10.2. The van der Waals surface area contributed by atoms with Crippen LogP contribution in [0, 0.1) is 0 Å². The fourth-order valence-electron chi connectivity index (χ4n) is 4.61. The van der Waals surface area contributed by atoms with Gasteiger partial charge in [0.15, 0.2) is 0 Å². The molecular weight excluding hydrogens is 372 g/mol. The summed E-state index contributed by atoms with van der Waals surface area (Å²) in [6.45, 7) is 4.58. The zero-order valence-electron chi connectivity index (χ0n) is 22.2. The highest BCUT2D eigenvalue weighted by atomic mass is 14.0. The molecule has 186 valence electrons. The Labute approximate surface area is 199 Å². The van der Waals surface area contributed by atoms with Crippen molar-refractivity contribution in [3.8, 4) is 0 Å². The van der Waals surface area contributed by atoms with Gasteiger partial charge in [-0.2, -0.15) is 0 Å². The molecule has 0 fully saturated rings. The van der Waals surface area contributed by atoms with Gasteiger partial charge in [0.05, 0.1) is 0 Å². The molecule has 0 N–H and O–H groups in total. The minimum Gasteiger partial charge on any atom is -0.0885 e. The molecule has 0 amide bonds. The Hall–Kier alpha value is -0.260. The maximum Gasteiger partial charge on any atom is -0.0351 e. The molecule has 0 rings (SSSR count). The number of hydrogen-bond donors (Lipinski definition) is 0. The molecule has 0 heterocycles. The second kappa shape index (κ2) is 29.7. The lowest BCUT2D eigenvalue weighted by molar-refractivity contribution is 0.518. The fourth-order valence-corrected chi connectivity index (χ4v) is 4.61. The van der Waals surface area contributed by atoms with E-state index >= 15 is 0 Å². The minimum atomic E-state index is 1.29. The maximum atomic E-state index is 2.41. The van der Waals surface area contributed by atoms with Crippen LogP contribution in [0.1, 0.15) is 187 Å². The Morgan fingerprint density at radius 1 is 0.258 bits per heavy atom. The van der Waals surface area contributed by atoms with Crippen LogP contribution < -0.4 is 0 Å². The number of rotatable bonds is 27. The second-order valence-corrected chi connectivity index (χ2v) is 10.2. The summed E-state index contributed by atoms with van der Waals surface area (Å²) in [7, 11) is 0. The molecule has 0 unspecified atom stereocenters. The normalized spacial score (nSPS) is 11.7. The topological polar surface area (TPSA) is 0 Å². The molecular formula is C31H62. The highest BCUT2D eigenvalue weighted by Gasteiger charge is 1.96. The van der Waals surface area contributed by atoms with Crippen molar-refractivity contribution in [1.29, 1.82) is 0 Å². The molecule has 0 aromatic carbocycles. The van der Waals surface area contributed by atoms with Crippen molar-refractivity contribution in [1.82, 2.24) is 0 Å². The van der Waals surface area contributed by atoms with Crippen LogP contribution >= 0.6 is 0 Å². The summed E-state index contributed by atoms with van der Waals surface area (Å²) < 4.78 is 0. The molecule has 0 aliphatic heterocycles. The fraction of sp³-hybridized carbons (Fsp3) is 0.935. The lowest BCUT2D eigenvalue weighted by Gasteiger charge is -2.04. The smallest absolute Gasteiger partial charge is 0.0351 e. The van der Waals surface area contributed by atoms with Crippen LogP contribution in [0.3, 0.4) is 0 Å². The van der Waals surface area contributed by atoms with Crippen molar-refractivity contribution in [3.63, 3.8) is 0 Å². The number of allylic oxidation sites excluding steroid dienone is 2. The molecule has 0 nitrogen and oxygen atoms in total. The van der Waals surface area contributed by atoms with Crippen LogP contribution in [0.25, 0.3) is 0 Å². The summed E-state index contributed by atoms with van der Waals surface area (Å²) in [4.78, 5) is 0. The summed E-state index contributed by atoms with van der Waals surface area (Å²) in [6.07, 6.45) is 43.9. The van der Waals surface area contributed by atoms with Gasteiger partial charge in [0, 0.05) is 0 Å². The highest BCUT2D eigenvalue weighted by molar-refractivity contribution is 4.81. The van der Waals surface area contributed by atoms with E-state index in [-0.39, 0.29) is 0 Å². The molecule has 0 aliphatic carbocycles. The summed E-state index contributed by atoms with van der Waals surface area (Å²) in [6, 6.07) is 0. The van der Waals surface area contributed by atoms with E-state index in [1.54, 1.807) is 0 Å². The van der Waals surface area contributed by atoms with Gasteiger partial charge < -0.3 is 0 Å². The predicted octanol–water partition coefficient (Wildman–Crippen LogP) is 12.1. The first-order valence-electron chi connectivity index (χ1n) is 15.1. The van der Waals surface area contributed by atoms with Crippen molar-refractivity contribution in [2.45, 2.75) is 187 Å². The third kappa shape index (κ3) is 29.7. The van der Waals surface area contributed by atoms with Crippen molar-refractivity contribution in [3.05, 3.63) is 12.2 Å². The standard InChI is InChI=1S/C31H62/c1-3-5-7-9-11-13-15-17-19-21-23-25-27-29-31-30-28-26-24-22-20-18-16-14-12-10-8-6-4-2/h9,11H,3-8,10,12-31H2,1-2H3/b11-9-. The maximum absolute atomic E-state index is 2.41. The Morgan fingerprint density at radius 2 is 0.484 bits per heavy atom. The molecule has 0 saturated heterocycles. The van der Waals surface area contributed by atoms with Gasteiger partial charge in [-0.25, -0.2) is 0 Å². The SMILES string of the molecule is CCCC/C=C\CCCCCCCCCCCCCCCCCCCCCCCCC. The Kier molecular flexibility index (Phi) is 29.5. The molecule has 0 aromatic heterocycles. The van der Waals surface area contributed by atoms with Gasteiger partial charge in [-0.05, 0) is 19.3 Å². The van der Waals surface area contributed by atoms with Gasteiger partial charge in [-0.15, -0.1) is 0 Å². The summed E-state index contributed by atoms with van der Waals surface area (Å²) in [5, 5.41) is 0. The van der Waals surface area contributed by atoms with E-state index in [0.717, 1.165) is 0 Å². The zero-order valence-corrected chi connectivity index (χ0v) is 22.2. The third-order valence-corrected chi connectivity index (χ3v) is 6.87. The lowest BCUT2D eigenvalue weighted by Crippen LogP contribution is -1.84. The molecule has 0 bridgehead atoms. The van der Waals surface area contributed by atoms with Crippen LogP contribution in [-0.4, -0.2) is 0 Å². The average Bonchev–Trinajstić information content (AvgIpc) is 2.78. The minimum absolute atomic E-state index is 1.29. The quantitative estimate of drug-likeness (QED) is 0.0890. The van der Waals surface area contributed by atoms with E-state index in [9.17, 15) is 0 Å². The van der Waals surface area contributed by atoms with E-state index in [1.807, 2.05) is 0 Å². The molecule has 0 radical (unpaired) electrons. The molecule has 0 heteroatoms. The first-order chi connectivity index (χ1) is 15.4. The van der Waals surface area contributed by atoms with Gasteiger partial charge >= 0.3 is 0 Å². The van der Waals surface area contributed by atoms with Crippen LogP contribution in [0.5, 0.6) is 0 Å². The Bertz CT molecular complexity index is 316. The van der Waals surface area contributed by atoms with Crippen molar-refractivity contribution in [2.75, 3.05) is 0 Å². The number of hydrogen-bond acceptors (Lipinski definition) is 0. The van der Waals surface area contributed by atoms with Gasteiger partial charge in [0.1, 0.15) is 0 Å². The lowest BCUT2D eigenvalue weighted by atomic mass is 10.0. The molecule has 0 atom stereocenters. The van der Waals surface area contributed by atoms with Crippen LogP contribution in [0.4, 0.5) is 0 Å². The molecule has 0 spiro atoms. The summed E-state index contributed by atoms with van der Waals surface area (Å²) in [5.41, 5.74) is 0. The first-order valence-corrected chi connectivity index (χ1v) is 15.1. The third-order valence-electron chi connectivity index (χ3n) is 6.87. The summed E-state index contributed by atoms with van der Waals surface area (Å²) in [5.74, 6) is 0. The van der Waals surface area contributed by atoms with Gasteiger partial charge in [0.25, 0.3) is 0 Å². The largest absolute Gasteiger partial charge is 0.0885 e. The van der Waals surface area contributed by atoms with Crippen molar-refractivity contribution >= 4 is 0 Å². The highest BCUT2D eigenvalue weighted by Crippen LogP contribution is 2.15. The van der Waals surface area contributed by atoms with Gasteiger partial charge in [0.2, 0.25) is 0 Å². The zero-order chi connectivity index (χ0) is 22.5. The van der Waals surface area contributed by atoms with Gasteiger partial charge in [-0.3, -0.25) is 0 Å². The summed E-state index contributed by atoms with van der Waals surface area (Å²) >= 11 is 0. The van der Waals surface area contributed by atoms with Gasteiger partial charge in [-0.1, -0.05) is 180 Å². The van der Waals surface area contributed by atoms with E-state index in [2.05, 4.69) is 26.0 Å². The van der Waals surface area contributed by atoms with E-state index in [4.69, 9.17) is 0 Å². The van der Waals surface area contributed by atoms with Crippen molar-refractivity contribution in [2.24, 2.45) is 0 Å². The van der Waals surface area contributed by atoms with E-state index in [0.29, 0.717) is 0 Å². The van der Waals surface area contributed by atoms with E-state index < -0.39 is 0 Å². The molecule has 0 saturated carbocycles. The monoisotopic (exact) mass is 434 g/mol. The number of unbranched alkanes of at least 4 members (excludes halogenated alkanes) is 25. The average molecular weight is 435 g/mol. The molecule has 0 aliphatic rings. The van der Waals surface area contributed by atoms with Crippen LogP contribution in [-0.2, 0) is 0 Å². The Morgan fingerprint density at radius 3 is 0.774 bits per heavy atom. The van der Waals surface area contributed by atoms with Crippen LogP contribution in [0.15, 0.2) is 12.2 Å².